The van der Waals surface area contributed by atoms with Crippen LogP contribution in [0.25, 0.3) is 11.0 Å². The van der Waals surface area contributed by atoms with Gasteiger partial charge in [0.15, 0.2) is 6.17 Å². The number of imidazole rings is 1. The van der Waals surface area contributed by atoms with Crippen LogP contribution < -0.4 is 16.4 Å². The van der Waals surface area contributed by atoms with E-state index in [-0.39, 0.29) is 16.5 Å². The number of carboxylic acid groups (broad SMARTS) is 1. The van der Waals surface area contributed by atoms with E-state index in [1.807, 2.05) is 0 Å². The van der Waals surface area contributed by atoms with Crippen LogP contribution >= 0.6 is 23.4 Å². The molecule has 0 bridgehead atoms. The van der Waals surface area contributed by atoms with Crippen LogP contribution in [0.15, 0.2) is 35.3 Å². The number of β-lactam (4-membered cyclic amide) rings is 1. The Morgan fingerprint density at radius 3 is 3.00 bits per heavy atom. The van der Waals surface area contributed by atoms with Crippen LogP contribution in [0.5, 0.6) is 0 Å². The molecule has 1 unspecified atom stereocenters. The van der Waals surface area contributed by atoms with Crippen molar-refractivity contribution >= 4 is 57.9 Å². The van der Waals surface area contributed by atoms with Crippen molar-refractivity contribution < 1.29 is 19.5 Å². The van der Waals surface area contributed by atoms with Gasteiger partial charge in [-0.1, -0.05) is 11.6 Å². The summed E-state index contributed by atoms with van der Waals surface area (Å²) in [6.45, 7) is 0. The van der Waals surface area contributed by atoms with Gasteiger partial charge in [-0.05, 0) is 18.2 Å². The number of hydrogen-bond donors (Lipinski definition) is 5. The number of nitrogens with zero attached hydrogens (tertiary/aromatic N) is 2. The highest BCUT2D eigenvalue weighted by Crippen LogP contribution is 2.41. The maximum absolute atomic E-state index is 12.4. The van der Waals surface area contributed by atoms with Crippen LogP contribution in [0.4, 0.5) is 5.69 Å². The third kappa shape index (κ3) is 3.07. The van der Waals surface area contributed by atoms with Gasteiger partial charge in [0.25, 0.3) is 11.8 Å². The number of halogens is 1. The maximum atomic E-state index is 12.4. The first-order chi connectivity index (χ1) is 13.4. The number of aromatic amines is 1. The summed E-state index contributed by atoms with van der Waals surface area (Å²) < 4.78 is 0. The molecule has 1 fully saturated rings. The molecule has 2 aromatic rings. The number of carbonyl (C=O) groups excluding carboxylic acids is 2. The van der Waals surface area contributed by atoms with Crippen molar-refractivity contribution in [1.29, 1.82) is 0 Å². The average molecular weight is 423 g/mol. The molecule has 2 aliphatic rings. The van der Waals surface area contributed by atoms with E-state index in [1.165, 1.54) is 11.8 Å². The molecule has 4 rings (SSSR count). The highest BCUT2D eigenvalue weighted by molar-refractivity contribution is 8.00. The fourth-order valence-corrected chi connectivity index (χ4v) is 4.65. The zero-order chi connectivity index (χ0) is 20.0. The van der Waals surface area contributed by atoms with Crippen molar-refractivity contribution in [3.05, 3.63) is 35.3 Å². The molecule has 0 aliphatic carbocycles. The van der Waals surface area contributed by atoms with Gasteiger partial charge in [-0.15, -0.1) is 11.8 Å². The van der Waals surface area contributed by atoms with Crippen molar-refractivity contribution in [2.75, 3.05) is 11.1 Å². The van der Waals surface area contributed by atoms with Crippen LogP contribution in [0, 0.1) is 0 Å². The van der Waals surface area contributed by atoms with E-state index in [0.717, 1.165) is 15.9 Å². The molecule has 0 radical (unpaired) electrons. The van der Waals surface area contributed by atoms with Gasteiger partial charge in [0.2, 0.25) is 0 Å². The van der Waals surface area contributed by atoms with E-state index in [2.05, 4.69) is 20.6 Å². The number of carboxylic acids is 1. The first-order valence-corrected chi connectivity index (χ1v) is 9.61. The zero-order valence-corrected chi connectivity index (χ0v) is 15.8. The molecule has 1 aromatic heterocycles. The zero-order valence-electron chi connectivity index (χ0n) is 14.2. The van der Waals surface area contributed by atoms with Gasteiger partial charge in [-0.2, -0.15) is 0 Å². The predicted octanol–water partition coefficient (Wildman–Crippen LogP) is 0.195. The number of hydrogen-bond acceptors (Lipinski definition) is 7. The average Bonchev–Trinajstić information content (AvgIpc) is 3.13. The summed E-state index contributed by atoms with van der Waals surface area (Å²) in [5.74, 6) is -2.15. The standard InChI is InChI=1S/C16H15ClN6O4S/c17-7-4-28-15-10(14(25)23(15)11(7)16(26)27)22-13(24)12(18)21-6-1-2-8-9(3-6)20-5-19-8/h1-3,5,10,12,15,21H,4,18H2,(H,19,20)(H,22,24)(H,26,27)/t10?,12-,15+/m1/s1. The van der Waals surface area contributed by atoms with E-state index >= 15 is 0 Å². The number of anilines is 1. The summed E-state index contributed by atoms with van der Waals surface area (Å²) in [5, 5.41) is 14.3. The first-order valence-electron chi connectivity index (χ1n) is 8.19. The Bertz CT molecular complexity index is 1020. The van der Waals surface area contributed by atoms with Crippen molar-refractivity contribution in [3.63, 3.8) is 0 Å². The van der Waals surface area contributed by atoms with Crippen molar-refractivity contribution in [3.8, 4) is 0 Å². The number of rotatable bonds is 5. The van der Waals surface area contributed by atoms with Crippen molar-refractivity contribution in [1.82, 2.24) is 20.2 Å². The molecule has 10 nitrogen and oxygen atoms in total. The lowest BCUT2D eigenvalue weighted by atomic mass is 10.0. The molecule has 12 heteroatoms. The number of benzene rings is 1. The molecule has 6 N–H and O–H groups in total. The van der Waals surface area contributed by atoms with E-state index in [0.29, 0.717) is 5.69 Å². The van der Waals surface area contributed by atoms with Crippen LogP contribution in [-0.4, -0.2) is 61.1 Å². The number of amides is 2. The SMILES string of the molecule is N[C@H](Nc1ccc2nc[nH]c2c1)C(=O)NC1C(=O)N2C(C(=O)O)=C(Cl)CS[C@@H]12. The number of nitrogens with two attached hydrogens (primary N) is 1. The molecule has 0 saturated carbocycles. The Labute approximate surface area is 167 Å². The van der Waals surface area contributed by atoms with Crippen LogP contribution in [0.1, 0.15) is 0 Å². The summed E-state index contributed by atoms with van der Waals surface area (Å²) in [6.07, 6.45) is 0.456. The molecular formula is C16H15ClN6O4S. The van der Waals surface area contributed by atoms with Gasteiger partial charge in [0, 0.05) is 11.4 Å². The number of carbonyl (C=O) groups is 3. The Kier molecular flexibility index (Phi) is 4.65. The second-order valence-electron chi connectivity index (χ2n) is 6.21. The molecule has 3 atom stereocenters. The fourth-order valence-electron chi connectivity index (χ4n) is 3.10. The third-order valence-electron chi connectivity index (χ3n) is 4.45. The van der Waals surface area contributed by atoms with E-state index in [4.69, 9.17) is 17.3 Å². The summed E-state index contributed by atoms with van der Waals surface area (Å²) in [7, 11) is 0. The third-order valence-corrected chi connectivity index (χ3v) is 6.20. The maximum Gasteiger partial charge on any atom is 0.353 e. The first kappa shape index (κ1) is 18.6. The van der Waals surface area contributed by atoms with Gasteiger partial charge in [0.05, 0.1) is 22.4 Å². The second kappa shape index (κ2) is 7.00. The van der Waals surface area contributed by atoms with E-state index < -0.39 is 35.4 Å². The number of aromatic nitrogens is 2. The van der Waals surface area contributed by atoms with Gasteiger partial charge in [0.1, 0.15) is 17.1 Å². The lowest BCUT2D eigenvalue weighted by molar-refractivity contribution is -0.150. The van der Waals surface area contributed by atoms with Crippen LogP contribution in [-0.2, 0) is 14.4 Å². The summed E-state index contributed by atoms with van der Waals surface area (Å²) >= 11 is 7.20. The smallest absolute Gasteiger partial charge is 0.353 e. The van der Waals surface area contributed by atoms with E-state index in [9.17, 15) is 19.5 Å². The van der Waals surface area contributed by atoms with Crippen molar-refractivity contribution in [2.45, 2.75) is 17.6 Å². The minimum atomic E-state index is -1.28. The van der Waals surface area contributed by atoms with Crippen LogP contribution in [0.2, 0.25) is 0 Å². The quantitative estimate of drug-likeness (QED) is 0.338. The highest BCUT2D eigenvalue weighted by Gasteiger charge is 2.54. The molecule has 1 aromatic carbocycles. The fraction of sp³-hybridized carbons (Fsp3) is 0.250. The number of nitrogens with one attached hydrogen (secondary N) is 3. The molecule has 1 saturated heterocycles. The normalized spacial score (nSPS) is 22.5. The van der Waals surface area contributed by atoms with Gasteiger partial charge < -0.3 is 26.5 Å². The molecule has 146 valence electrons. The second-order valence-corrected chi connectivity index (χ2v) is 7.77. The predicted molar refractivity (Wildman–Crippen MR) is 103 cm³/mol. The number of aliphatic carboxylic acids is 1. The summed E-state index contributed by atoms with van der Waals surface area (Å²) in [4.78, 5) is 44.3. The Morgan fingerprint density at radius 2 is 2.25 bits per heavy atom. The summed E-state index contributed by atoms with van der Waals surface area (Å²) in [6, 6.07) is 4.40. The lowest BCUT2D eigenvalue weighted by Gasteiger charge is -2.48. The molecule has 0 spiro atoms. The Morgan fingerprint density at radius 1 is 1.46 bits per heavy atom. The van der Waals surface area contributed by atoms with Crippen molar-refractivity contribution in [2.24, 2.45) is 5.73 Å². The number of fused-ring (bicyclic) bond motifs is 2. The van der Waals surface area contributed by atoms with Crippen LogP contribution in [0.3, 0.4) is 0 Å². The highest BCUT2D eigenvalue weighted by atomic mass is 35.5. The topological polar surface area (TPSA) is 153 Å². The Balaban J connectivity index is 1.41. The molecule has 2 aliphatic heterocycles. The molecule has 2 amide bonds. The van der Waals surface area contributed by atoms with Gasteiger partial charge in [-0.3, -0.25) is 14.5 Å². The minimum absolute atomic E-state index is 0.0967. The lowest BCUT2D eigenvalue weighted by Crippen LogP contribution is -2.71. The molecular weight excluding hydrogens is 408 g/mol. The molecule has 3 heterocycles. The Hall–Kier alpha value is -2.76. The monoisotopic (exact) mass is 422 g/mol. The largest absolute Gasteiger partial charge is 0.477 e. The summed E-state index contributed by atoms with van der Waals surface area (Å²) in [5.41, 5.74) is 7.83. The number of H-pyrrole nitrogens is 1. The minimum Gasteiger partial charge on any atom is -0.477 e. The number of thioether (sulfide) groups is 1. The van der Waals surface area contributed by atoms with Gasteiger partial charge in [-0.25, -0.2) is 9.78 Å². The van der Waals surface area contributed by atoms with E-state index in [1.54, 1.807) is 24.5 Å². The molecule has 28 heavy (non-hydrogen) atoms. The van der Waals surface area contributed by atoms with Gasteiger partial charge >= 0.3 is 5.97 Å².